The number of hydrogen-bond acceptors (Lipinski definition) is 7. The number of benzene rings is 2. The largest absolute Gasteiger partial charge is 0.461 e. The number of nitrogens with one attached hydrogen (secondary N) is 1. The first-order valence-electron chi connectivity index (χ1n) is 10.3. The molecule has 5 aromatic rings. The molecule has 0 unspecified atom stereocenters. The Morgan fingerprint density at radius 1 is 1.12 bits per heavy atom. The van der Waals surface area contributed by atoms with Gasteiger partial charge in [0.1, 0.15) is 16.5 Å². The lowest BCUT2D eigenvalue weighted by molar-refractivity contribution is 0.102. The highest BCUT2D eigenvalue weighted by Gasteiger charge is 2.19. The minimum Gasteiger partial charge on any atom is -0.461 e. The Balaban J connectivity index is 1.34. The molecule has 5 rings (SSSR count). The SMILES string of the molecule is Cc1ccc(NC(=O)c2csc(CSc3nnc(-c4ccco4)n3-c3ccc(F)cc3)n2)cc1. The van der Waals surface area contributed by atoms with Crippen molar-refractivity contribution in [3.8, 4) is 17.3 Å². The van der Waals surface area contributed by atoms with Gasteiger partial charge in [-0.3, -0.25) is 9.36 Å². The zero-order chi connectivity index (χ0) is 23.5. The van der Waals surface area contributed by atoms with E-state index >= 15 is 0 Å². The van der Waals surface area contributed by atoms with Gasteiger partial charge in [-0.15, -0.1) is 21.5 Å². The van der Waals surface area contributed by atoms with Gasteiger partial charge in [-0.1, -0.05) is 29.5 Å². The van der Waals surface area contributed by atoms with Crippen LogP contribution < -0.4 is 5.32 Å². The summed E-state index contributed by atoms with van der Waals surface area (Å²) in [6, 6.07) is 17.2. The standard InChI is InChI=1S/C24H18FN5O2S2/c1-15-4-8-17(9-5-15)26-23(31)19-13-33-21(27-19)14-34-24-29-28-22(20-3-2-12-32-20)30(24)18-10-6-16(25)7-11-18/h2-13H,14H2,1H3,(H,26,31). The van der Waals surface area contributed by atoms with Crippen LogP contribution in [0.4, 0.5) is 10.1 Å². The second kappa shape index (κ2) is 9.62. The molecule has 3 aromatic heterocycles. The van der Waals surface area contributed by atoms with E-state index in [4.69, 9.17) is 4.42 Å². The fraction of sp³-hybridized carbons (Fsp3) is 0.0833. The Kier molecular flexibility index (Phi) is 6.24. The molecule has 10 heteroatoms. The first kappa shape index (κ1) is 22.1. The number of carbonyl (C=O) groups is 1. The lowest BCUT2D eigenvalue weighted by Gasteiger charge is -2.08. The van der Waals surface area contributed by atoms with Crippen LogP contribution in [-0.2, 0) is 5.75 Å². The predicted molar refractivity (Wildman–Crippen MR) is 130 cm³/mol. The van der Waals surface area contributed by atoms with Crippen LogP contribution in [0.25, 0.3) is 17.3 Å². The lowest BCUT2D eigenvalue weighted by Crippen LogP contribution is -2.12. The third-order valence-electron chi connectivity index (χ3n) is 4.88. The Bertz CT molecular complexity index is 1410. The van der Waals surface area contributed by atoms with Crippen LogP contribution in [0.3, 0.4) is 0 Å². The Morgan fingerprint density at radius 2 is 1.91 bits per heavy atom. The molecule has 2 aromatic carbocycles. The minimum atomic E-state index is -0.329. The molecular formula is C24H18FN5O2S2. The number of halogens is 1. The number of thioether (sulfide) groups is 1. The van der Waals surface area contributed by atoms with E-state index in [1.54, 1.807) is 35.9 Å². The van der Waals surface area contributed by atoms with Crippen LogP contribution in [0.5, 0.6) is 0 Å². The zero-order valence-electron chi connectivity index (χ0n) is 17.9. The molecule has 0 atom stereocenters. The summed E-state index contributed by atoms with van der Waals surface area (Å²) in [6.07, 6.45) is 1.56. The molecule has 1 N–H and O–H groups in total. The number of anilines is 1. The molecule has 0 fully saturated rings. The number of rotatable bonds is 7. The van der Waals surface area contributed by atoms with Crippen LogP contribution in [0, 0.1) is 12.7 Å². The number of hydrogen-bond donors (Lipinski definition) is 1. The van der Waals surface area contributed by atoms with E-state index in [2.05, 4.69) is 20.5 Å². The van der Waals surface area contributed by atoms with Crippen LogP contribution >= 0.6 is 23.1 Å². The van der Waals surface area contributed by atoms with Crippen molar-refractivity contribution in [3.63, 3.8) is 0 Å². The summed E-state index contributed by atoms with van der Waals surface area (Å²) in [5, 5.41) is 14.5. The molecule has 0 radical (unpaired) electrons. The van der Waals surface area contributed by atoms with Gasteiger partial charge in [0.05, 0.1) is 17.7 Å². The molecule has 170 valence electrons. The van der Waals surface area contributed by atoms with Crippen molar-refractivity contribution in [2.45, 2.75) is 17.8 Å². The van der Waals surface area contributed by atoms with E-state index in [-0.39, 0.29) is 11.7 Å². The van der Waals surface area contributed by atoms with Crippen LogP contribution in [0.15, 0.2) is 81.9 Å². The molecule has 0 saturated heterocycles. The van der Waals surface area contributed by atoms with Crippen LogP contribution in [0.2, 0.25) is 0 Å². The van der Waals surface area contributed by atoms with Gasteiger partial charge in [-0.2, -0.15) is 0 Å². The van der Waals surface area contributed by atoms with Crippen LogP contribution in [-0.4, -0.2) is 25.7 Å². The lowest BCUT2D eigenvalue weighted by atomic mass is 10.2. The number of amides is 1. The second-order valence-electron chi connectivity index (χ2n) is 7.33. The van der Waals surface area contributed by atoms with Crippen molar-refractivity contribution in [2.24, 2.45) is 0 Å². The summed E-state index contributed by atoms with van der Waals surface area (Å²) in [6.45, 7) is 1.99. The summed E-state index contributed by atoms with van der Waals surface area (Å²) in [4.78, 5) is 17.0. The van der Waals surface area contributed by atoms with E-state index in [1.807, 2.05) is 35.8 Å². The topological polar surface area (TPSA) is 85.8 Å². The van der Waals surface area contributed by atoms with Gasteiger partial charge in [0.2, 0.25) is 5.82 Å². The fourth-order valence-corrected chi connectivity index (χ4v) is 4.94. The molecule has 7 nitrogen and oxygen atoms in total. The number of thiazole rings is 1. The molecule has 3 heterocycles. The van der Waals surface area contributed by atoms with Gasteiger partial charge in [0.25, 0.3) is 5.91 Å². The smallest absolute Gasteiger partial charge is 0.275 e. The molecule has 0 aliphatic carbocycles. The Hall–Kier alpha value is -3.76. The Morgan fingerprint density at radius 3 is 2.65 bits per heavy atom. The van der Waals surface area contributed by atoms with E-state index in [1.165, 1.54) is 35.2 Å². The van der Waals surface area contributed by atoms with Crippen molar-refractivity contribution >= 4 is 34.7 Å². The predicted octanol–water partition coefficient (Wildman–Crippen LogP) is 5.98. The van der Waals surface area contributed by atoms with Gasteiger partial charge >= 0.3 is 0 Å². The maximum atomic E-state index is 13.5. The third kappa shape index (κ3) is 4.78. The summed E-state index contributed by atoms with van der Waals surface area (Å²) in [7, 11) is 0. The highest BCUT2D eigenvalue weighted by Crippen LogP contribution is 2.30. The molecule has 0 aliphatic rings. The maximum Gasteiger partial charge on any atom is 0.275 e. The highest BCUT2D eigenvalue weighted by atomic mass is 32.2. The van der Waals surface area contributed by atoms with Crippen molar-refractivity contribution in [1.82, 2.24) is 19.7 Å². The minimum absolute atomic E-state index is 0.258. The summed E-state index contributed by atoms with van der Waals surface area (Å²) < 4.78 is 20.8. The first-order chi connectivity index (χ1) is 16.6. The average Bonchev–Trinajstić information content (AvgIpc) is 3.60. The first-order valence-corrected chi connectivity index (χ1v) is 12.1. The van der Waals surface area contributed by atoms with E-state index in [9.17, 15) is 9.18 Å². The fourth-order valence-electron chi connectivity index (χ4n) is 3.19. The van der Waals surface area contributed by atoms with Gasteiger partial charge < -0.3 is 9.73 Å². The van der Waals surface area contributed by atoms with Crippen molar-refractivity contribution < 1.29 is 13.6 Å². The molecule has 34 heavy (non-hydrogen) atoms. The van der Waals surface area contributed by atoms with Gasteiger partial charge in [-0.05, 0) is 55.5 Å². The molecule has 0 bridgehead atoms. The quantitative estimate of drug-likeness (QED) is 0.282. The molecular weight excluding hydrogens is 473 g/mol. The number of aromatic nitrogens is 4. The molecule has 0 aliphatic heterocycles. The average molecular weight is 492 g/mol. The normalized spacial score (nSPS) is 11.0. The summed E-state index contributed by atoms with van der Waals surface area (Å²) >= 11 is 2.82. The van der Waals surface area contributed by atoms with Gasteiger partial charge in [0, 0.05) is 11.1 Å². The highest BCUT2D eigenvalue weighted by molar-refractivity contribution is 7.98. The molecule has 0 saturated carbocycles. The monoisotopic (exact) mass is 491 g/mol. The number of furan rings is 1. The Labute approximate surface area is 202 Å². The van der Waals surface area contributed by atoms with Gasteiger partial charge in [0.15, 0.2) is 10.9 Å². The zero-order valence-corrected chi connectivity index (χ0v) is 19.6. The van der Waals surface area contributed by atoms with E-state index in [0.717, 1.165) is 16.3 Å². The maximum absolute atomic E-state index is 13.5. The molecule has 0 spiro atoms. The summed E-state index contributed by atoms with van der Waals surface area (Å²) in [5.74, 6) is 0.958. The number of carbonyl (C=O) groups excluding carboxylic acids is 1. The van der Waals surface area contributed by atoms with Crippen molar-refractivity contribution in [1.29, 1.82) is 0 Å². The number of nitrogens with zero attached hydrogens (tertiary/aromatic N) is 4. The number of aryl methyl sites for hydroxylation is 1. The van der Waals surface area contributed by atoms with E-state index < -0.39 is 0 Å². The summed E-state index contributed by atoms with van der Waals surface area (Å²) in [5.41, 5.74) is 2.90. The van der Waals surface area contributed by atoms with Crippen molar-refractivity contribution in [2.75, 3.05) is 5.32 Å². The van der Waals surface area contributed by atoms with Crippen molar-refractivity contribution in [3.05, 3.63) is 94.4 Å². The second-order valence-corrected chi connectivity index (χ2v) is 9.22. The third-order valence-corrected chi connectivity index (χ3v) is 6.85. The van der Waals surface area contributed by atoms with Crippen LogP contribution in [0.1, 0.15) is 21.1 Å². The van der Waals surface area contributed by atoms with E-state index in [0.29, 0.717) is 33.9 Å². The molecule has 1 amide bonds. The van der Waals surface area contributed by atoms with Gasteiger partial charge in [-0.25, -0.2) is 9.37 Å².